The van der Waals surface area contributed by atoms with Gasteiger partial charge in [0.2, 0.25) is 5.91 Å². The zero-order chi connectivity index (χ0) is 17.8. The standard InChI is InChI=1S/C17H27N5O2.HI/c1-4-19-15(23)12-22-17(20-5-2)21-10-9-13-7-6-8-14(11-13)16(24)18-3;/h6-8,11H,4-5,9-10,12H2,1-3H3,(H,18,24)(H,19,23)(H2,20,21,22);1H. The third-order valence-corrected chi connectivity index (χ3v) is 3.22. The minimum absolute atomic E-state index is 0. The lowest BCUT2D eigenvalue weighted by Crippen LogP contribution is -2.39. The second-order valence-electron chi connectivity index (χ2n) is 5.10. The van der Waals surface area contributed by atoms with Gasteiger partial charge in [0.1, 0.15) is 6.54 Å². The molecule has 7 nitrogen and oxygen atoms in total. The molecule has 0 bridgehead atoms. The molecule has 0 atom stereocenters. The van der Waals surface area contributed by atoms with Gasteiger partial charge >= 0.3 is 0 Å². The lowest BCUT2D eigenvalue weighted by atomic mass is 10.1. The van der Waals surface area contributed by atoms with Gasteiger partial charge in [-0.3, -0.25) is 9.59 Å². The Labute approximate surface area is 166 Å². The van der Waals surface area contributed by atoms with Crippen LogP contribution in [0.5, 0.6) is 0 Å². The topological polar surface area (TPSA) is 94.6 Å². The van der Waals surface area contributed by atoms with E-state index in [0.29, 0.717) is 31.2 Å². The first-order chi connectivity index (χ1) is 11.6. The SMILES string of the molecule is CCNC(=O)CN=C(NCC)NCCc1cccc(C(=O)NC)c1.I. The van der Waals surface area contributed by atoms with Crippen molar-refractivity contribution in [3.63, 3.8) is 0 Å². The number of guanidine groups is 1. The molecule has 0 radical (unpaired) electrons. The molecule has 0 aromatic heterocycles. The van der Waals surface area contributed by atoms with E-state index < -0.39 is 0 Å². The van der Waals surface area contributed by atoms with Crippen LogP contribution in [0.15, 0.2) is 29.3 Å². The molecule has 140 valence electrons. The number of aliphatic imine (C=N–C) groups is 1. The molecule has 1 aromatic carbocycles. The molecule has 1 rings (SSSR count). The predicted octanol–water partition coefficient (Wildman–Crippen LogP) is 0.898. The molecule has 0 saturated carbocycles. The third-order valence-electron chi connectivity index (χ3n) is 3.22. The van der Waals surface area contributed by atoms with Gasteiger partial charge in [-0.05, 0) is 38.0 Å². The van der Waals surface area contributed by atoms with Gasteiger partial charge in [0, 0.05) is 32.2 Å². The van der Waals surface area contributed by atoms with Crippen LogP contribution in [0.2, 0.25) is 0 Å². The van der Waals surface area contributed by atoms with E-state index in [-0.39, 0.29) is 42.3 Å². The molecule has 4 N–H and O–H groups in total. The van der Waals surface area contributed by atoms with Gasteiger partial charge < -0.3 is 21.3 Å². The van der Waals surface area contributed by atoms with Crippen molar-refractivity contribution in [2.75, 3.05) is 33.2 Å². The van der Waals surface area contributed by atoms with Crippen LogP contribution < -0.4 is 21.3 Å². The highest BCUT2D eigenvalue weighted by Crippen LogP contribution is 2.05. The lowest BCUT2D eigenvalue weighted by Gasteiger charge is -2.11. The summed E-state index contributed by atoms with van der Waals surface area (Å²) in [5.74, 6) is 0.404. The van der Waals surface area contributed by atoms with Gasteiger partial charge in [0.15, 0.2) is 5.96 Å². The highest BCUT2D eigenvalue weighted by Gasteiger charge is 2.04. The molecule has 25 heavy (non-hydrogen) atoms. The van der Waals surface area contributed by atoms with Gasteiger partial charge in [0.25, 0.3) is 5.91 Å². The van der Waals surface area contributed by atoms with Crippen LogP contribution in [0.4, 0.5) is 0 Å². The molecule has 0 unspecified atom stereocenters. The molecular weight excluding hydrogens is 433 g/mol. The van der Waals surface area contributed by atoms with Crippen LogP contribution in [-0.4, -0.2) is 51.0 Å². The van der Waals surface area contributed by atoms with Gasteiger partial charge in [-0.15, -0.1) is 24.0 Å². The molecule has 0 heterocycles. The minimum atomic E-state index is -0.104. The van der Waals surface area contributed by atoms with Crippen LogP contribution in [0.3, 0.4) is 0 Å². The maximum Gasteiger partial charge on any atom is 0.251 e. The fourth-order valence-corrected chi connectivity index (χ4v) is 2.08. The van der Waals surface area contributed by atoms with Crippen LogP contribution in [0.25, 0.3) is 0 Å². The number of halogens is 1. The monoisotopic (exact) mass is 461 g/mol. The van der Waals surface area contributed by atoms with E-state index in [9.17, 15) is 9.59 Å². The average molecular weight is 461 g/mol. The van der Waals surface area contributed by atoms with E-state index >= 15 is 0 Å². The molecular formula is C17H28IN5O2. The molecule has 1 aromatic rings. The first kappa shape index (κ1) is 23.2. The van der Waals surface area contributed by atoms with E-state index in [0.717, 1.165) is 12.0 Å². The van der Waals surface area contributed by atoms with Crippen LogP contribution in [-0.2, 0) is 11.2 Å². The van der Waals surface area contributed by atoms with Gasteiger partial charge in [0.05, 0.1) is 0 Å². The molecule has 0 aliphatic rings. The maximum atomic E-state index is 11.6. The Morgan fingerprint density at radius 1 is 1.08 bits per heavy atom. The zero-order valence-electron chi connectivity index (χ0n) is 15.0. The number of likely N-dealkylation sites (N-methyl/N-ethyl adjacent to an activating group) is 1. The molecule has 0 saturated heterocycles. The highest BCUT2D eigenvalue weighted by molar-refractivity contribution is 14.0. The number of carbonyl (C=O) groups excluding carboxylic acids is 2. The van der Waals surface area contributed by atoms with Crippen LogP contribution in [0, 0.1) is 0 Å². The van der Waals surface area contributed by atoms with Gasteiger partial charge in [-0.2, -0.15) is 0 Å². The number of benzene rings is 1. The zero-order valence-corrected chi connectivity index (χ0v) is 17.3. The first-order valence-electron chi connectivity index (χ1n) is 8.20. The van der Waals surface area contributed by atoms with E-state index in [2.05, 4.69) is 26.3 Å². The molecule has 8 heteroatoms. The Bertz CT molecular complexity index is 578. The summed E-state index contributed by atoms with van der Waals surface area (Å²) >= 11 is 0. The fraction of sp³-hybridized carbons (Fsp3) is 0.471. The summed E-state index contributed by atoms with van der Waals surface area (Å²) in [5, 5.41) is 11.6. The van der Waals surface area contributed by atoms with Crippen molar-refractivity contribution in [1.29, 1.82) is 0 Å². The van der Waals surface area contributed by atoms with Gasteiger partial charge in [-0.25, -0.2) is 4.99 Å². The van der Waals surface area contributed by atoms with Crippen molar-refractivity contribution in [1.82, 2.24) is 21.3 Å². The molecule has 0 aliphatic carbocycles. The van der Waals surface area contributed by atoms with Crippen LogP contribution in [0.1, 0.15) is 29.8 Å². The van der Waals surface area contributed by atoms with E-state index in [4.69, 9.17) is 0 Å². The summed E-state index contributed by atoms with van der Waals surface area (Å²) in [6.07, 6.45) is 0.746. The Morgan fingerprint density at radius 2 is 1.80 bits per heavy atom. The molecule has 0 aliphatic heterocycles. The number of hydrogen-bond acceptors (Lipinski definition) is 3. The smallest absolute Gasteiger partial charge is 0.251 e. The Morgan fingerprint density at radius 3 is 2.44 bits per heavy atom. The van der Waals surface area contributed by atoms with Crippen molar-refractivity contribution >= 4 is 41.8 Å². The van der Waals surface area contributed by atoms with Crippen molar-refractivity contribution < 1.29 is 9.59 Å². The third kappa shape index (κ3) is 9.28. The second kappa shape index (κ2) is 13.5. The van der Waals surface area contributed by atoms with Gasteiger partial charge in [-0.1, -0.05) is 12.1 Å². The summed E-state index contributed by atoms with van der Waals surface area (Å²) in [4.78, 5) is 27.3. The maximum absolute atomic E-state index is 11.6. The van der Waals surface area contributed by atoms with Crippen molar-refractivity contribution in [2.24, 2.45) is 4.99 Å². The predicted molar refractivity (Wildman–Crippen MR) is 112 cm³/mol. The van der Waals surface area contributed by atoms with E-state index in [1.165, 1.54) is 0 Å². The number of carbonyl (C=O) groups is 2. The van der Waals surface area contributed by atoms with Crippen LogP contribution >= 0.6 is 24.0 Å². The average Bonchev–Trinajstić information content (AvgIpc) is 2.59. The minimum Gasteiger partial charge on any atom is -0.357 e. The number of hydrogen-bond donors (Lipinski definition) is 4. The molecule has 0 spiro atoms. The summed E-state index contributed by atoms with van der Waals surface area (Å²) in [6.45, 7) is 5.90. The molecule has 2 amide bonds. The quantitative estimate of drug-likeness (QED) is 0.263. The van der Waals surface area contributed by atoms with Crippen molar-refractivity contribution in [2.45, 2.75) is 20.3 Å². The summed E-state index contributed by atoms with van der Waals surface area (Å²) in [6, 6.07) is 7.51. The normalized spacial score (nSPS) is 10.4. The van der Waals surface area contributed by atoms with E-state index in [1.807, 2.05) is 32.0 Å². The lowest BCUT2D eigenvalue weighted by molar-refractivity contribution is -0.119. The second-order valence-corrected chi connectivity index (χ2v) is 5.10. The number of nitrogens with zero attached hydrogens (tertiary/aromatic N) is 1. The Kier molecular flexibility index (Phi) is 12.5. The molecule has 0 fully saturated rings. The number of nitrogens with one attached hydrogen (secondary N) is 4. The Balaban J connectivity index is 0.00000576. The summed E-state index contributed by atoms with van der Waals surface area (Å²) in [5.41, 5.74) is 1.70. The highest BCUT2D eigenvalue weighted by atomic mass is 127. The number of amides is 2. The first-order valence-corrected chi connectivity index (χ1v) is 8.20. The fourth-order valence-electron chi connectivity index (χ4n) is 2.08. The Hall–Kier alpha value is -1.84. The largest absolute Gasteiger partial charge is 0.357 e. The van der Waals surface area contributed by atoms with Crippen molar-refractivity contribution in [3.8, 4) is 0 Å². The summed E-state index contributed by atoms with van der Waals surface area (Å²) in [7, 11) is 1.62. The van der Waals surface area contributed by atoms with E-state index in [1.54, 1.807) is 13.1 Å². The number of rotatable bonds is 8. The summed E-state index contributed by atoms with van der Waals surface area (Å²) < 4.78 is 0. The van der Waals surface area contributed by atoms with Crippen molar-refractivity contribution in [3.05, 3.63) is 35.4 Å².